The van der Waals surface area contributed by atoms with E-state index in [4.69, 9.17) is 9.79 Å². The van der Waals surface area contributed by atoms with Gasteiger partial charge in [0.1, 0.15) is 27.9 Å². The van der Waals surface area contributed by atoms with Crippen molar-refractivity contribution >= 4 is 37.8 Å². The predicted octanol–water partition coefficient (Wildman–Crippen LogP) is 2.50. The minimum Gasteiger partial charge on any atom is -0.404 e. The molecule has 0 aliphatic heterocycles. The maximum Gasteiger partial charge on any atom is 0.539 e. The Bertz CT molecular complexity index is 462. The maximum absolute atomic E-state index is 11.3. The van der Waals surface area contributed by atoms with E-state index in [9.17, 15) is 14.0 Å². The summed E-state index contributed by atoms with van der Waals surface area (Å²) in [7, 11) is -9.05. The van der Waals surface area contributed by atoms with Crippen LogP contribution in [0.25, 0.3) is 0 Å². The van der Waals surface area contributed by atoms with Gasteiger partial charge in [-0.15, -0.1) is 0 Å². The van der Waals surface area contributed by atoms with E-state index in [1.807, 2.05) is 0 Å². The summed E-state index contributed by atoms with van der Waals surface area (Å²) >= 11 is 0.287. The first-order chi connectivity index (χ1) is 8.29. The molecule has 0 aliphatic carbocycles. The number of phosphoric acid groups is 2. The summed E-state index contributed by atoms with van der Waals surface area (Å²) in [5.74, 6) is 0.116. The molecule has 12 heteroatoms. The summed E-state index contributed by atoms with van der Waals surface area (Å²) in [6.45, 7) is 0. The number of hydrogen-bond acceptors (Lipinski definition) is 7. The summed E-state index contributed by atoms with van der Waals surface area (Å²) in [6, 6.07) is 7.75. The van der Waals surface area contributed by atoms with Crippen LogP contribution in [0.3, 0.4) is 0 Å². The van der Waals surface area contributed by atoms with E-state index < -0.39 is 15.6 Å². The summed E-state index contributed by atoms with van der Waals surface area (Å²) in [4.78, 5) is 25.9. The molecular weight excluding hydrogens is 326 g/mol. The standard InChI is InChI=1S/C6H8O8P2S2/c7-15(8,9)13-17-18-14-16(10,11)12-6-4-2-1-3-5-6/h1-5H,(H,10,11)(H2,7,8,9). The Morgan fingerprint density at radius 1 is 0.944 bits per heavy atom. The minimum absolute atomic E-state index is 0.116. The normalized spacial score (nSPS) is 15.1. The van der Waals surface area contributed by atoms with Gasteiger partial charge in [-0.3, -0.25) is 4.89 Å². The zero-order valence-electron chi connectivity index (χ0n) is 8.48. The highest BCUT2D eigenvalue weighted by atomic mass is 33.1. The number of rotatable bonds is 7. The maximum atomic E-state index is 11.3. The van der Waals surface area contributed by atoms with Gasteiger partial charge < -0.3 is 14.3 Å². The van der Waals surface area contributed by atoms with Crippen LogP contribution in [0.2, 0.25) is 0 Å². The van der Waals surface area contributed by atoms with Gasteiger partial charge in [0.15, 0.2) is 0 Å². The molecule has 0 spiro atoms. The van der Waals surface area contributed by atoms with Crippen molar-refractivity contribution in [1.29, 1.82) is 0 Å². The largest absolute Gasteiger partial charge is 0.539 e. The Morgan fingerprint density at radius 2 is 1.50 bits per heavy atom. The van der Waals surface area contributed by atoms with Gasteiger partial charge in [-0.2, -0.15) is 3.97 Å². The van der Waals surface area contributed by atoms with Crippen LogP contribution in [0.4, 0.5) is 0 Å². The lowest BCUT2D eigenvalue weighted by atomic mass is 10.3. The molecule has 0 saturated heterocycles. The lowest BCUT2D eigenvalue weighted by molar-refractivity contribution is 0.297. The van der Waals surface area contributed by atoms with Crippen LogP contribution in [-0.2, 0) is 17.1 Å². The first-order valence-corrected chi connectivity index (χ1v) is 9.15. The quantitative estimate of drug-likeness (QED) is 0.296. The first-order valence-electron chi connectivity index (χ1n) is 4.13. The Morgan fingerprint density at radius 3 is 2.06 bits per heavy atom. The molecule has 1 unspecified atom stereocenters. The molecule has 1 aromatic rings. The van der Waals surface area contributed by atoms with Crippen LogP contribution < -0.4 is 4.52 Å². The van der Waals surface area contributed by atoms with Gasteiger partial charge >= 0.3 is 15.6 Å². The number of para-hydroxylation sites is 1. The number of benzene rings is 1. The van der Waals surface area contributed by atoms with Crippen LogP contribution in [0, 0.1) is 0 Å². The molecule has 0 heterocycles. The fraction of sp³-hybridized carbons (Fsp3) is 0. The van der Waals surface area contributed by atoms with Crippen LogP contribution >= 0.6 is 37.8 Å². The number of hydrogen-bond donors (Lipinski definition) is 3. The second kappa shape index (κ2) is 6.95. The van der Waals surface area contributed by atoms with E-state index in [1.54, 1.807) is 18.2 Å². The highest BCUT2D eigenvalue weighted by Gasteiger charge is 2.25. The van der Waals surface area contributed by atoms with E-state index in [2.05, 4.69) is 12.5 Å². The topological polar surface area (TPSA) is 123 Å². The third-order valence-corrected chi connectivity index (χ3v) is 5.02. The summed E-state index contributed by atoms with van der Waals surface area (Å²) in [5, 5.41) is 0. The second-order valence-corrected chi connectivity index (χ2v) is 7.03. The Kier molecular flexibility index (Phi) is 6.19. The predicted molar refractivity (Wildman–Crippen MR) is 66.3 cm³/mol. The van der Waals surface area contributed by atoms with E-state index in [0.29, 0.717) is 0 Å². The van der Waals surface area contributed by atoms with Gasteiger partial charge in [-0.1, -0.05) is 18.2 Å². The Labute approximate surface area is 110 Å². The van der Waals surface area contributed by atoms with Crippen molar-refractivity contribution < 1.29 is 36.3 Å². The smallest absolute Gasteiger partial charge is 0.404 e. The van der Waals surface area contributed by atoms with Crippen LogP contribution in [0.1, 0.15) is 0 Å². The van der Waals surface area contributed by atoms with Crippen LogP contribution in [0.5, 0.6) is 5.75 Å². The average Bonchev–Trinajstić information content (AvgIpc) is 2.24. The van der Waals surface area contributed by atoms with Gasteiger partial charge in [-0.05, 0) is 12.1 Å². The Balaban J connectivity index is 2.37. The van der Waals surface area contributed by atoms with Gasteiger partial charge in [0.25, 0.3) is 0 Å². The minimum atomic E-state index is -4.66. The van der Waals surface area contributed by atoms with Crippen molar-refractivity contribution in [1.82, 2.24) is 0 Å². The number of phosphoric ester groups is 1. The third-order valence-electron chi connectivity index (χ3n) is 1.24. The van der Waals surface area contributed by atoms with Gasteiger partial charge in [0, 0.05) is 0 Å². The van der Waals surface area contributed by atoms with Gasteiger partial charge in [0.2, 0.25) is 0 Å². The molecule has 1 atom stereocenters. The van der Waals surface area contributed by atoms with Gasteiger partial charge in [-0.25, -0.2) is 13.1 Å². The summed E-state index contributed by atoms with van der Waals surface area (Å²) < 4.78 is 34.5. The van der Waals surface area contributed by atoms with Crippen molar-refractivity contribution in [3.8, 4) is 5.75 Å². The average molecular weight is 334 g/mol. The second-order valence-electron chi connectivity index (χ2n) is 2.65. The molecule has 1 aromatic carbocycles. The lowest BCUT2D eigenvalue weighted by Crippen LogP contribution is -1.91. The molecule has 0 aliphatic rings. The van der Waals surface area contributed by atoms with Crippen molar-refractivity contribution in [2.75, 3.05) is 0 Å². The molecule has 3 N–H and O–H groups in total. The van der Waals surface area contributed by atoms with E-state index in [0.717, 1.165) is 0 Å². The van der Waals surface area contributed by atoms with Crippen molar-refractivity contribution in [3.63, 3.8) is 0 Å². The SMILES string of the molecule is O=P(O)(O)OSSOP(=O)(O)Oc1ccccc1. The monoisotopic (exact) mass is 334 g/mol. The highest BCUT2D eigenvalue weighted by Crippen LogP contribution is 2.53. The molecule has 18 heavy (non-hydrogen) atoms. The fourth-order valence-corrected chi connectivity index (χ4v) is 3.92. The third kappa shape index (κ3) is 7.42. The molecule has 0 radical (unpaired) electrons. The van der Waals surface area contributed by atoms with Crippen molar-refractivity contribution in [2.24, 2.45) is 0 Å². The zero-order valence-corrected chi connectivity index (χ0v) is 11.9. The molecule has 8 nitrogen and oxygen atoms in total. The van der Waals surface area contributed by atoms with Crippen molar-refractivity contribution in [3.05, 3.63) is 30.3 Å². The molecular formula is C6H8O8P2S2. The molecule has 0 fully saturated rings. The molecule has 0 amide bonds. The highest BCUT2D eigenvalue weighted by molar-refractivity contribution is 8.74. The van der Waals surface area contributed by atoms with Crippen molar-refractivity contribution in [2.45, 2.75) is 0 Å². The lowest BCUT2D eigenvalue weighted by Gasteiger charge is -2.10. The molecule has 0 saturated carbocycles. The van der Waals surface area contributed by atoms with Gasteiger partial charge in [0.05, 0.1) is 0 Å². The van der Waals surface area contributed by atoms with E-state index >= 15 is 0 Å². The van der Waals surface area contributed by atoms with Crippen LogP contribution in [0.15, 0.2) is 30.3 Å². The van der Waals surface area contributed by atoms with Crippen LogP contribution in [-0.4, -0.2) is 14.7 Å². The first kappa shape index (κ1) is 16.0. The molecule has 1 rings (SSSR count). The zero-order chi connectivity index (χ0) is 13.6. The summed E-state index contributed by atoms with van der Waals surface area (Å²) in [6.07, 6.45) is 0. The molecule has 0 bridgehead atoms. The Hall–Kier alpha value is -0.0200. The summed E-state index contributed by atoms with van der Waals surface area (Å²) in [5.41, 5.74) is 0. The fourth-order valence-electron chi connectivity index (χ4n) is 0.733. The molecule has 0 aromatic heterocycles. The molecule has 102 valence electrons. The van der Waals surface area contributed by atoms with E-state index in [-0.39, 0.29) is 27.9 Å². The van der Waals surface area contributed by atoms with E-state index in [1.165, 1.54) is 12.1 Å².